The standard InChI is InChI=1S/C31H32N2O4/c1-5-37-31(36)29-22(4)33(28(34)18-27(29)25-8-6-7-21(3)17-25)19-23-11-13-24(14-12-23)30(35)32-26-15-9-20(2)10-16-26/h6-17,27H,5,18-19H2,1-4H3,(H,32,35). The Balaban J connectivity index is 1.56. The first-order chi connectivity index (χ1) is 17.8. The molecule has 3 aromatic rings. The molecule has 1 N–H and O–H groups in total. The van der Waals surface area contributed by atoms with E-state index in [4.69, 9.17) is 4.74 Å². The molecule has 1 aliphatic heterocycles. The Morgan fingerprint density at radius 3 is 2.30 bits per heavy atom. The van der Waals surface area contributed by atoms with E-state index in [2.05, 4.69) is 5.32 Å². The summed E-state index contributed by atoms with van der Waals surface area (Å²) in [7, 11) is 0. The Morgan fingerprint density at radius 1 is 0.946 bits per heavy atom. The van der Waals surface area contributed by atoms with Gasteiger partial charge in [0.2, 0.25) is 5.91 Å². The Hall–Kier alpha value is -4.19. The molecule has 1 unspecified atom stereocenters. The highest BCUT2D eigenvalue weighted by Gasteiger charge is 2.36. The normalized spacial score (nSPS) is 15.5. The van der Waals surface area contributed by atoms with Crippen LogP contribution in [0.25, 0.3) is 0 Å². The van der Waals surface area contributed by atoms with E-state index in [0.717, 1.165) is 27.9 Å². The Kier molecular flexibility index (Phi) is 7.87. The molecule has 6 nitrogen and oxygen atoms in total. The van der Waals surface area contributed by atoms with Crippen molar-refractivity contribution in [3.63, 3.8) is 0 Å². The molecule has 0 radical (unpaired) electrons. The summed E-state index contributed by atoms with van der Waals surface area (Å²) in [6.07, 6.45) is 0.186. The quantitative estimate of drug-likeness (QED) is 0.413. The maximum atomic E-state index is 13.3. The highest BCUT2D eigenvalue weighted by atomic mass is 16.5. The predicted octanol–water partition coefficient (Wildman–Crippen LogP) is 5.91. The zero-order valence-corrected chi connectivity index (χ0v) is 21.7. The minimum Gasteiger partial charge on any atom is -0.463 e. The molecule has 1 aliphatic rings. The second-order valence-electron chi connectivity index (χ2n) is 9.39. The second kappa shape index (κ2) is 11.2. The van der Waals surface area contributed by atoms with Crippen molar-refractivity contribution < 1.29 is 19.1 Å². The third-order valence-corrected chi connectivity index (χ3v) is 6.63. The molecule has 0 saturated carbocycles. The van der Waals surface area contributed by atoms with Crippen LogP contribution in [0.5, 0.6) is 0 Å². The van der Waals surface area contributed by atoms with Crippen LogP contribution in [0.1, 0.15) is 58.8 Å². The van der Waals surface area contributed by atoms with Crippen molar-refractivity contribution in [2.75, 3.05) is 11.9 Å². The number of anilines is 1. The third kappa shape index (κ3) is 5.97. The molecular weight excluding hydrogens is 464 g/mol. The molecule has 37 heavy (non-hydrogen) atoms. The molecule has 0 saturated heterocycles. The first kappa shape index (κ1) is 25.9. The lowest BCUT2D eigenvalue weighted by molar-refractivity contribution is -0.140. The summed E-state index contributed by atoms with van der Waals surface area (Å²) in [5, 5.41) is 2.89. The number of rotatable bonds is 7. The maximum Gasteiger partial charge on any atom is 0.336 e. The third-order valence-electron chi connectivity index (χ3n) is 6.63. The van der Waals surface area contributed by atoms with Crippen molar-refractivity contribution in [1.82, 2.24) is 4.90 Å². The lowest BCUT2D eigenvalue weighted by atomic mass is 9.83. The number of carbonyl (C=O) groups is 3. The first-order valence-electron chi connectivity index (χ1n) is 12.5. The number of nitrogens with one attached hydrogen (secondary N) is 1. The number of allylic oxidation sites excluding steroid dienone is 1. The van der Waals surface area contributed by atoms with Crippen LogP contribution in [0.2, 0.25) is 0 Å². The molecule has 3 aromatic carbocycles. The van der Waals surface area contributed by atoms with Crippen LogP contribution in [0, 0.1) is 13.8 Å². The van der Waals surface area contributed by atoms with E-state index in [1.165, 1.54) is 0 Å². The second-order valence-corrected chi connectivity index (χ2v) is 9.39. The van der Waals surface area contributed by atoms with E-state index >= 15 is 0 Å². The smallest absolute Gasteiger partial charge is 0.336 e. The average Bonchev–Trinajstić information content (AvgIpc) is 2.88. The molecular formula is C31H32N2O4. The lowest BCUT2D eigenvalue weighted by Gasteiger charge is -2.34. The van der Waals surface area contributed by atoms with Gasteiger partial charge in [-0.3, -0.25) is 9.59 Å². The van der Waals surface area contributed by atoms with Crippen LogP contribution in [0.15, 0.2) is 84.1 Å². The summed E-state index contributed by atoms with van der Waals surface area (Å²) in [6.45, 7) is 8.12. The molecule has 0 fully saturated rings. The summed E-state index contributed by atoms with van der Waals surface area (Å²) in [6, 6.07) is 22.7. The first-order valence-corrected chi connectivity index (χ1v) is 12.5. The topological polar surface area (TPSA) is 75.7 Å². The number of nitrogens with zero attached hydrogens (tertiary/aromatic N) is 1. The molecule has 1 atom stereocenters. The molecule has 0 bridgehead atoms. The van der Waals surface area contributed by atoms with E-state index < -0.39 is 5.97 Å². The van der Waals surface area contributed by atoms with Gasteiger partial charge in [0.1, 0.15) is 0 Å². The summed E-state index contributed by atoms with van der Waals surface area (Å²) >= 11 is 0. The number of benzene rings is 3. The largest absolute Gasteiger partial charge is 0.463 e. The van der Waals surface area contributed by atoms with Crippen LogP contribution in [-0.4, -0.2) is 29.3 Å². The highest BCUT2D eigenvalue weighted by Crippen LogP contribution is 2.38. The minimum atomic E-state index is -0.396. The van der Waals surface area contributed by atoms with Gasteiger partial charge in [-0.15, -0.1) is 0 Å². The van der Waals surface area contributed by atoms with Gasteiger partial charge in [-0.25, -0.2) is 4.79 Å². The summed E-state index contributed by atoms with van der Waals surface area (Å²) in [4.78, 5) is 40.6. The number of hydrogen-bond acceptors (Lipinski definition) is 4. The van der Waals surface area contributed by atoms with Gasteiger partial charge in [0.15, 0.2) is 0 Å². The predicted molar refractivity (Wildman–Crippen MR) is 144 cm³/mol. The average molecular weight is 497 g/mol. The van der Waals surface area contributed by atoms with E-state index in [0.29, 0.717) is 23.4 Å². The van der Waals surface area contributed by atoms with Crippen LogP contribution in [-0.2, 0) is 20.9 Å². The van der Waals surface area contributed by atoms with Gasteiger partial charge < -0.3 is 15.0 Å². The molecule has 1 heterocycles. The van der Waals surface area contributed by atoms with Crippen LogP contribution < -0.4 is 5.32 Å². The van der Waals surface area contributed by atoms with E-state index in [1.54, 1.807) is 30.9 Å². The maximum absolute atomic E-state index is 13.3. The Bertz CT molecular complexity index is 1340. The Labute approximate surface area is 218 Å². The molecule has 0 aromatic heterocycles. The van der Waals surface area contributed by atoms with E-state index in [9.17, 15) is 14.4 Å². The minimum absolute atomic E-state index is 0.0572. The highest BCUT2D eigenvalue weighted by molar-refractivity contribution is 6.04. The number of amides is 2. The van der Waals surface area contributed by atoms with Gasteiger partial charge in [0.25, 0.3) is 5.91 Å². The fraction of sp³-hybridized carbons (Fsp3) is 0.258. The molecule has 2 amide bonds. The van der Waals surface area contributed by atoms with Gasteiger partial charge in [-0.1, -0.05) is 59.7 Å². The molecule has 0 aliphatic carbocycles. The monoisotopic (exact) mass is 496 g/mol. The van der Waals surface area contributed by atoms with Gasteiger partial charge in [0.05, 0.1) is 18.7 Å². The lowest BCUT2D eigenvalue weighted by Crippen LogP contribution is -2.38. The van der Waals surface area contributed by atoms with Gasteiger partial charge in [0, 0.05) is 29.3 Å². The Morgan fingerprint density at radius 2 is 1.65 bits per heavy atom. The van der Waals surface area contributed by atoms with Crippen LogP contribution in [0.3, 0.4) is 0 Å². The van der Waals surface area contributed by atoms with Crippen LogP contribution >= 0.6 is 0 Å². The fourth-order valence-corrected chi connectivity index (χ4v) is 4.63. The fourth-order valence-electron chi connectivity index (χ4n) is 4.63. The van der Waals surface area contributed by atoms with Crippen LogP contribution in [0.4, 0.5) is 5.69 Å². The van der Waals surface area contributed by atoms with E-state index in [-0.39, 0.29) is 30.8 Å². The van der Waals surface area contributed by atoms with Crippen molar-refractivity contribution in [3.8, 4) is 0 Å². The van der Waals surface area contributed by atoms with Crippen molar-refractivity contribution in [1.29, 1.82) is 0 Å². The number of aryl methyl sites for hydroxylation is 2. The number of esters is 1. The van der Waals surface area contributed by atoms with Crippen molar-refractivity contribution in [2.45, 2.75) is 46.6 Å². The molecule has 6 heteroatoms. The van der Waals surface area contributed by atoms with Gasteiger partial charge in [-0.05, 0) is 63.1 Å². The van der Waals surface area contributed by atoms with Crippen molar-refractivity contribution >= 4 is 23.5 Å². The molecule has 190 valence electrons. The summed E-state index contributed by atoms with van der Waals surface area (Å²) < 4.78 is 5.39. The summed E-state index contributed by atoms with van der Waals surface area (Å²) in [5.41, 5.74) is 6.34. The zero-order valence-electron chi connectivity index (χ0n) is 21.7. The SMILES string of the molecule is CCOC(=O)C1=C(C)N(Cc2ccc(C(=O)Nc3ccc(C)cc3)cc2)C(=O)CC1c1cccc(C)c1. The number of ether oxygens (including phenoxy) is 1. The van der Waals surface area contributed by atoms with Crippen molar-refractivity contribution in [3.05, 3.63) is 112 Å². The molecule has 4 rings (SSSR count). The van der Waals surface area contributed by atoms with Gasteiger partial charge >= 0.3 is 5.97 Å². The number of carbonyl (C=O) groups excluding carboxylic acids is 3. The summed E-state index contributed by atoms with van der Waals surface area (Å²) in [5.74, 6) is -1.01. The van der Waals surface area contributed by atoms with Crippen molar-refractivity contribution in [2.24, 2.45) is 0 Å². The van der Waals surface area contributed by atoms with Gasteiger partial charge in [-0.2, -0.15) is 0 Å². The molecule has 0 spiro atoms. The number of hydrogen-bond donors (Lipinski definition) is 1. The zero-order chi connectivity index (χ0) is 26.5. The van der Waals surface area contributed by atoms with E-state index in [1.807, 2.05) is 74.5 Å².